The molecule has 2 nitrogen and oxygen atoms in total. The van der Waals surface area contributed by atoms with Gasteiger partial charge in [-0.05, 0) is 58.7 Å². The molecule has 0 amide bonds. The normalized spacial score (nSPS) is 12.2. The Morgan fingerprint density at radius 2 is 1.94 bits per heavy atom. The fourth-order valence-electron chi connectivity index (χ4n) is 1.58. The van der Waals surface area contributed by atoms with Crippen molar-refractivity contribution in [1.29, 1.82) is 0 Å². The van der Waals surface area contributed by atoms with Crippen LogP contribution in [0.4, 0.5) is 5.69 Å². The summed E-state index contributed by atoms with van der Waals surface area (Å²) in [5.41, 5.74) is 2.22. The number of pyridine rings is 1. The summed E-state index contributed by atoms with van der Waals surface area (Å²) in [7, 11) is 0. The van der Waals surface area contributed by atoms with Crippen LogP contribution in [-0.2, 0) is 0 Å². The summed E-state index contributed by atoms with van der Waals surface area (Å²) < 4.78 is 0.964. The van der Waals surface area contributed by atoms with Crippen molar-refractivity contribution in [3.63, 3.8) is 0 Å². The van der Waals surface area contributed by atoms with E-state index < -0.39 is 0 Å². The van der Waals surface area contributed by atoms with Crippen molar-refractivity contribution in [3.8, 4) is 0 Å². The highest BCUT2D eigenvalue weighted by molar-refractivity contribution is 9.10. The van der Waals surface area contributed by atoms with E-state index in [-0.39, 0.29) is 6.04 Å². The molecule has 0 aliphatic heterocycles. The molecule has 2 aromatic rings. The van der Waals surface area contributed by atoms with Gasteiger partial charge in [-0.1, -0.05) is 11.6 Å². The standard InChI is InChI=1S/C13H12BrClN2/c1-9(10-4-6-16-7-5-10)17-13-3-2-11(15)8-12(13)14/h2-9,17H,1H3. The molecule has 2 rings (SSSR count). The van der Waals surface area contributed by atoms with Gasteiger partial charge < -0.3 is 5.32 Å². The number of anilines is 1. The molecule has 0 saturated heterocycles. The predicted octanol–water partition coefficient (Wildman–Crippen LogP) is 4.67. The van der Waals surface area contributed by atoms with Crippen LogP contribution in [0.2, 0.25) is 5.02 Å². The minimum atomic E-state index is 0.218. The summed E-state index contributed by atoms with van der Waals surface area (Å²) >= 11 is 9.39. The molecule has 0 radical (unpaired) electrons. The summed E-state index contributed by atoms with van der Waals surface area (Å²) in [6, 6.07) is 9.93. The molecule has 0 aliphatic rings. The number of hydrogen-bond acceptors (Lipinski definition) is 2. The molecule has 1 aromatic heterocycles. The van der Waals surface area contributed by atoms with Crippen LogP contribution in [-0.4, -0.2) is 4.98 Å². The predicted molar refractivity (Wildman–Crippen MR) is 75.4 cm³/mol. The number of aromatic nitrogens is 1. The zero-order valence-corrected chi connectivity index (χ0v) is 11.7. The topological polar surface area (TPSA) is 24.9 Å². The fraction of sp³-hybridized carbons (Fsp3) is 0.154. The molecule has 1 aromatic carbocycles. The van der Waals surface area contributed by atoms with Crippen molar-refractivity contribution in [1.82, 2.24) is 4.98 Å². The summed E-state index contributed by atoms with van der Waals surface area (Å²) in [6.45, 7) is 2.11. The number of nitrogens with one attached hydrogen (secondary N) is 1. The lowest BCUT2D eigenvalue weighted by atomic mass is 10.1. The molecule has 1 N–H and O–H groups in total. The lowest BCUT2D eigenvalue weighted by Gasteiger charge is -2.16. The Morgan fingerprint density at radius 1 is 1.24 bits per heavy atom. The minimum Gasteiger partial charge on any atom is -0.378 e. The highest BCUT2D eigenvalue weighted by Gasteiger charge is 2.07. The molecule has 88 valence electrons. The highest BCUT2D eigenvalue weighted by Crippen LogP contribution is 2.28. The molecule has 1 unspecified atom stereocenters. The smallest absolute Gasteiger partial charge is 0.0490 e. The van der Waals surface area contributed by atoms with Gasteiger partial charge in [0.05, 0.1) is 0 Å². The lowest BCUT2D eigenvalue weighted by molar-refractivity contribution is 0.879. The maximum Gasteiger partial charge on any atom is 0.0490 e. The van der Waals surface area contributed by atoms with Gasteiger partial charge in [0.25, 0.3) is 0 Å². The van der Waals surface area contributed by atoms with E-state index in [2.05, 4.69) is 33.2 Å². The maximum absolute atomic E-state index is 5.90. The van der Waals surface area contributed by atoms with Crippen molar-refractivity contribution >= 4 is 33.2 Å². The van der Waals surface area contributed by atoms with E-state index in [0.29, 0.717) is 0 Å². The number of nitrogens with zero attached hydrogens (tertiary/aromatic N) is 1. The second-order valence-electron chi connectivity index (χ2n) is 3.77. The van der Waals surface area contributed by atoms with Gasteiger partial charge in [-0.25, -0.2) is 0 Å². The second-order valence-corrected chi connectivity index (χ2v) is 5.06. The van der Waals surface area contributed by atoms with E-state index in [1.54, 1.807) is 12.4 Å². The number of rotatable bonds is 3. The van der Waals surface area contributed by atoms with Gasteiger partial charge in [0.1, 0.15) is 0 Å². The van der Waals surface area contributed by atoms with Crippen molar-refractivity contribution in [2.45, 2.75) is 13.0 Å². The Kier molecular flexibility index (Phi) is 4.02. The third-order valence-electron chi connectivity index (χ3n) is 2.51. The number of halogens is 2. The van der Waals surface area contributed by atoms with Crippen LogP contribution in [0.15, 0.2) is 47.2 Å². The van der Waals surface area contributed by atoms with Gasteiger partial charge in [-0.3, -0.25) is 4.98 Å². The molecular weight excluding hydrogens is 300 g/mol. The van der Waals surface area contributed by atoms with Crippen molar-refractivity contribution in [3.05, 3.63) is 57.8 Å². The Morgan fingerprint density at radius 3 is 2.59 bits per heavy atom. The van der Waals surface area contributed by atoms with Crippen molar-refractivity contribution in [2.75, 3.05) is 5.32 Å². The third kappa shape index (κ3) is 3.20. The van der Waals surface area contributed by atoms with E-state index in [4.69, 9.17) is 11.6 Å². The first kappa shape index (κ1) is 12.4. The average Bonchev–Trinajstić information content (AvgIpc) is 2.34. The van der Waals surface area contributed by atoms with Crippen molar-refractivity contribution in [2.24, 2.45) is 0 Å². The van der Waals surface area contributed by atoms with Crippen LogP contribution in [0.25, 0.3) is 0 Å². The summed E-state index contributed by atoms with van der Waals surface area (Å²) in [5.74, 6) is 0. The molecule has 0 fully saturated rings. The molecule has 17 heavy (non-hydrogen) atoms. The summed E-state index contributed by atoms with van der Waals surface area (Å²) in [5, 5.41) is 4.14. The second kappa shape index (κ2) is 5.52. The van der Waals surface area contributed by atoms with Crippen LogP contribution in [0.1, 0.15) is 18.5 Å². The number of benzene rings is 1. The van der Waals surface area contributed by atoms with E-state index in [9.17, 15) is 0 Å². The molecule has 1 atom stereocenters. The van der Waals surface area contributed by atoms with Gasteiger partial charge in [0.15, 0.2) is 0 Å². The average molecular weight is 312 g/mol. The van der Waals surface area contributed by atoms with Crippen LogP contribution in [0.5, 0.6) is 0 Å². The Bertz CT molecular complexity index is 502. The van der Waals surface area contributed by atoms with Crippen molar-refractivity contribution < 1.29 is 0 Å². The molecule has 0 aliphatic carbocycles. The largest absolute Gasteiger partial charge is 0.378 e. The quantitative estimate of drug-likeness (QED) is 0.891. The van der Waals surface area contributed by atoms with Crippen LogP contribution >= 0.6 is 27.5 Å². The lowest BCUT2D eigenvalue weighted by Crippen LogP contribution is -2.06. The molecule has 0 saturated carbocycles. The molecule has 4 heteroatoms. The fourth-order valence-corrected chi connectivity index (χ4v) is 2.37. The zero-order chi connectivity index (χ0) is 12.3. The Labute approximate surface area is 114 Å². The Hall–Kier alpha value is -1.06. The maximum atomic E-state index is 5.90. The SMILES string of the molecule is CC(Nc1ccc(Cl)cc1Br)c1ccncc1. The van der Waals surface area contributed by atoms with Gasteiger partial charge in [-0.15, -0.1) is 0 Å². The van der Waals surface area contributed by atoms with Gasteiger partial charge in [0.2, 0.25) is 0 Å². The number of hydrogen-bond donors (Lipinski definition) is 1. The summed E-state index contributed by atoms with van der Waals surface area (Å²) in [4.78, 5) is 4.01. The first-order valence-electron chi connectivity index (χ1n) is 5.28. The third-order valence-corrected chi connectivity index (χ3v) is 3.40. The van der Waals surface area contributed by atoms with E-state index >= 15 is 0 Å². The van der Waals surface area contributed by atoms with E-state index in [1.807, 2.05) is 30.3 Å². The Balaban J connectivity index is 2.16. The van der Waals surface area contributed by atoms with Crippen LogP contribution in [0, 0.1) is 0 Å². The molecular formula is C13H12BrClN2. The van der Waals surface area contributed by atoms with Gasteiger partial charge in [0, 0.05) is 33.6 Å². The molecule has 0 spiro atoms. The zero-order valence-electron chi connectivity index (χ0n) is 9.32. The molecule has 1 heterocycles. The van der Waals surface area contributed by atoms with Gasteiger partial charge in [-0.2, -0.15) is 0 Å². The monoisotopic (exact) mass is 310 g/mol. The van der Waals surface area contributed by atoms with E-state index in [1.165, 1.54) is 5.56 Å². The van der Waals surface area contributed by atoms with Crippen LogP contribution in [0.3, 0.4) is 0 Å². The van der Waals surface area contributed by atoms with E-state index in [0.717, 1.165) is 15.2 Å². The summed E-state index contributed by atoms with van der Waals surface area (Å²) in [6.07, 6.45) is 3.59. The van der Waals surface area contributed by atoms with Gasteiger partial charge >= 0.3 is 0 Å². The molecule has 0 bridgehead atoms. The highest BCUT2D eigenvalue weighted by atomic mass is 79.9. The first-order valence-corrected chi connectivity index (χ1v) is 6.45. The first-order chi connectivity index (χ1) is 8.16. The minimum absolute atomic E-state index is 0.218. The van der Waals surface area contributed by atoms with Crippen LogP contribution < -0.4 is 5.32 Å².